The van der Waals surface area contributed by atoms with Crippen LogP contribution in [0.25, 0.3) is 5.69 Å². The number of hydrogen-bond acceptors (Lipinski definition) is 3. The van der Waals surface area contributed by atoms with Gasteiger partial charge in [0.2, 0.25) is 0 Å². The summed E-state index contributed by atoms with van der Waals surface area (Å²) in [6.45, 7) is 1.57. The first kappa shape index (κ1) is 13.1. The van der Waals surface area contributed by atoms with Gasteiger partial charge in [-0.25, -0.2) is 4.68 Å². The molecule has 4 nitrogen and oxygen atoms in total. The van der Waals surface area contributed by atoms with Gasteiger partial charge in [-0.3, -0.25) is 4.79 Å². The maximum Gasteiger partial charge on any atom is 0.159 e. The van der Waals surface area contributed by atoms with Gasteiger partial charge in [0.15, 0.2) is 5.78 Å². The van der Waals surface area contributed by atoms with Crippen LogP contribution in [-0.2, 0) is 0 Å². The van der Waals surface area contributed by atoms with Gasteiger partial charge < -0.3 is 5.32 Å². The van der Waals surface area contributed by atoms with Crippen molar-refractivity contribution in [3.05, 3.63) is 72.6 Å². The van der Waals surface area contributed by atoms with E-state index in [0.29, 0.717) is 5.56 Å². The molecule has 4 heteroatoms. The Bertz CT molecular complexity index is 763. The fraction of sp³-hybridized carbons (Fsp3) is 0.0588. The second-order valence-electron chi connectivity index (χ2n) is 4.76. The normalized spacial score (nSPS) is 10.3. The summed E-state index contributed by atoms with van der Waals surface area (Å²) in [6.07, 6.45) is 3.64. The zero-order valence-corrected chi connectivity index (χ0v) is 11.7. The van der Waals surface area contributed by atoms with Gasteiger partial charge in [0.05, 0.1) is 5.69 Å². The lowest BCUT2D eigenvalue weighted by molar-refractivity contribution is 0.101. The number of rotatable bonds is 4. The average molecular weight is 277 g/mol. The highest BCUT2D eigenvalue weighted by atomic mass is 16.1. The van der Waals surface area contributed by atoms with E-state index in [9.17, 15) is 4.79 Å². The highest BCUT2D eigenvalue weighted by Crippen LogP contribution is 2.20. The Hall–Kier alpha value is -2.88. The van der Waals surface area contributed by atoms with Gasteiger partial charge in [0, 0.05) is 29.3 Å². The van der Waals surface area contributed by atoms with Gasteiger partial charge in [-0.1, -0.05) is 18.2 Å². The summed E-state index contributed by atoms with van der Waals surface area (Å²) >= 11 is 0. The van der Waals surface area contributed by atoms with Gasteiger partial charge in [-0.2, -0.15) is 5.10 Å². The Labute approximate surface area is 123 Å². The monoisotopic (exact) mass is 277 g/mol. The van der Waals surface area contributed by atoms with E-state index in [2.05, 4.69) is 10.4 Å². The molecule has 1 N–H and O–H groups in total. The minimum Gasteiger partial charge on any atom is -0.355 e. The zero-order valence-electron chi connectivity index (χ0n) is 11.7. The molecular formula is C17H15N3O. The number of carbonyl (C=O) groups is 1. The quantitative estimate of drug-likeness (QED) is 0.737. The standard InChI is InChI=1S/C17H15N3O/c1-13(21)14-5-2-6-15(11-14)19-16-7-3-8-17(12-16)20-10-4-9-18-20/h2-12,19H,1H3. The van der Waals surface area contributed by atoms with Crippen molar-refractivity contribution in [1.29, 1.82) is 0 Å². The SMILES string of the molecule is CC(=O)c1cccc(Nc2cccc(-n3cccn3)c2)c1. The molecule has 1 aromatic heterocycles. The highest BCUT2D eigenvalue weighted by molar-refractivity contribution is 5.95. The molecule has 0 amide bonds. The predicted octanol–water partition coefficient (Wildman–Crippen LogP) is 3.82. The average Bonchev–Trinajstić information content (AvgIpc) is 3.02. The Morgan fingerprint density at radius 1 is 1.05 bits per heavy atom. The Morgan fingerprint density at radius 3 is 2.52 bits per heavy atom. The van der Waals surface area contributed by atoms with Gasteiger partial charge >= 0.3 is 0 Å². The molecule has 0 aliphatic rings. The number of carbonyl (C=O) groups excluding carboxylic acids is 1. The minimum atomic E-state index is 0.0592. The van der Waals surface area contributed by atoms with E-state index in [4.69, 9.17) is 0 Å². The number of hydrogen-bond donors (Lipinski definition) is 1. The van der Waals surface area contributed by atoms with Crippen LogP contribution in [-0.4, -0.2) is 15.6 Å². The predicted molar refractivity (Wildman–Crippen MR) is 83.3 cm³/mol. The van der Waals surface area contributed by atoms with Gasteiger partial charge in [0.25, 0.3) is 0 Å². The third kappa shape index (κ3) is 3.00. The van der Waals surface area contributed by atoms with E-state index in [1.807, 2.05) is 60.8 Å². The van der Waals surface area contributed by atoms with Crippen molar-refractivity contribution < 1.29 is 4.79 Å². The van der Waals surface area contributed by atoms with Crippen molar-refractivity contribution in [1.82, 2.24) is 9.78 Å². The molecule has 0 bridgehead atoms. The maximum absolute atomic E-state index is 11.4. The van der Waals surface area contributed by atoms with E-state index < -0.39 is 0 Å². The molecule has 21 heavy (non-hydrogen) atoms. The minimum absolute atomic E-state index is 0.0592. The number of nitrogens with one attached hydrogen (secondary N) is 1. The van der Waals surface area contributed by atoms with Crippen molar-refractivity contribution in [2.45, 2.75) is 6.92 Å². The number of nitrogens with zero attached hydrogens (tertiary/aromatic N) is 2. The molecule has 0 atom stereocenters. The molecule has 0 aliphatic heterocycles. The topological polar surface area (TPSA) is 46.9 Å². The van der Waals surface area contributed by atoms with Crippen molar-refractivity contribution in [3.63, 3.8) is 0 Å². The summed E-state index contributed by atoms with van der Waals surface area (Å²) in [7, 11) is 0. The van der Waals surface area contributed by atoms with Crippen LogP contribution < -0.4 is 5.32 Å². The Morgan fingerprint density at radius 2 is 1.81 bits per heavy atom. The van der Waals surface area contributed by atoms with E-state index >= 15 is 0 Å². The molecule has 0 radical (unpaired) electrons. The third-order valence-corrected chi connectivity index (χ3v) is 3.17. The molecule has 2 aromatic carbocycles. The van der Waals surface area contributed by atoms with Crippen LogP contribution in [0, 0.1) is 0 Å². The molecule has 0 fully saturated rings. The van der Waals surface area contributed by atoms with Crippen LogP contribution in [0.3, 0.4) is 0 Å². The lowest BCUT2D eigenvalue weighted by atomic mass is 10.1. The van der Waals surface area contributed by atoms with E-state index in [1.165, 1.54) is 0 Å². The smallest absolute Gasteiger partial charge is 0.159 e. The number of benzene rings is 2. The van der Waals surface area contributed by atoms with E-state index in [0.717, 1.165) is 17.1 Å². The maximum atomic E-state index is 11.4. The molecule has 104 valence electrons. The zero-order chi connectivity index (χ0) is 14.7. The number of ketones is 1. The summed E-state index contributed by atoms with van der Waals surface area (Å²) in [6, 6.07) is 17.3. The molecule has 0 unspecified atom stereocenters. The summed E-state index contributed by atoms with van der Waals surface area (Å²) in [5, 5.41) is 7.52. The van der Waals surface area contributed by atoms with Crippen molar-refractivity contribution in [3.8, 4) is 5.69 Å². The summed E-state index contributed by atoms with van der Waals surface area (Å²) in [5.74, 6) is 0.0592. The van der Waals surface area contributed by atoms with Crippen molar-refractivity contribution in [2.24, 2.45) is 0 Å². The first-order valence-corrected chi connectivity index (χ1v) is 6.70. The van der Waals surface area contributed by atoms with Gasteiger partial charge in [-0.05, 0) is 43.3 Å². The molecule has 0 aliphatic carbocycles. The van der Waals surface area contributed by atoms with Crippen LogP contribution in [0.5, 0.6) is 0 Å². The second kappa shape index (κ2) is 5.63. The van der Waals surface area contributed by atoms with Crippen LogP contribution in [0.1, 0.15) is 17.3 Å². The van der Waals surface area contributed by atoms with Gasteiger partial charge in [0.1, 0.15) is 0 Å². The van der Waals surface area contributed by atoms with Crippen LogP contribution in [0.2, 0.25) is 0 Å². The third-order valence-electron chi connectivity index (χ3n) is 3.17. The lowest BCUT2D eigenvalue weighted by Gasteiger charge is -2.09. The Balaban J connectivity index is 1.87. The molecule has 0 saturated carbocycles. The number of aromatic nitrogens is 2. The molecular weight excluding hydrogens is 262 g/mol. The molecule has 0 saturated heterocycles. The summed E-state index contributed by atoms with van der Waals surface area (Å²) in [4.78, 5) is 11.4. The van der Waals surface area contributed by atoms with Gasteiger partial charge in [-0.15, -0.1) is 0 Å². The van der Waals surface area contributed by atoms with Crippen LogP contribution >= 0.6 is 0 Å². The van der Waals surface area contributed by atoms with Crippen molar-refractivity contribution >= 4 is 17.2 Å². The van der Waals surface area contributed by atoms with E-state index in [1.54, 1.807) is 17.8 Å². The Kier molecular flexibility index (Phi) is 3.51. The van der Waals surface area contributed by atoms with E-state index in [-0.39, 0.29) is 5.78 Å². The number of Topliss-reactive ketones (excluding diaryl/α,β-unsaturated/α-hetero) is 1. The van der Waals surface area contributed by atoms with Crippen molar-refractivity contribution in [2.75, 3.05) is 5.32 Å². The fourth-order valence-electron chi connectivity index (χ4n) is 2.13. The summed E-state index contributed by atoms with van der Waals surface area (Å²) in [5.41, 5.74) is 3.51. The molecule has 0 spiro atoms. The summed E-state index contributed by atoms with van der Waals surface area (Å²) < 4.78 is 1.80. The molecule has 1 heterocycles. The first-order valence-electron chi connectivity index (χ1n) is 6.70. The second-order valence-corrected chi connectivity index (χ2v) is 4.76. The van der Waals surface area contributed by atoms with Crippen LogP contribution in [0.15, 0.2) is 67.0 Å². The van der Waals surface area contributed by atoms with Crippen LogP contribution in [0.4, 0.5) is 11.4 Å². The lowest BCUT2D eigenvalue weighted by Crippen LogP contribution is -1.97. The molecule has 3 rings (SSSR count). The fourth-order valence-corrected chi connectivity index (χ4v) is 2.13. The first-order chi connectivity index (χ1) is 10.2. The highest BCUT2D eigenvalue weighted by Gasteiger charge is 2.02. The largest absolute Gasteiger partial charge is 0.355 e. The number of anilines is 2. The molecule has 3 aromatic rings.